The Morgan fingerprint density at radius 3 is 2.44 bits per heavy atom. The fourth-order valence-electron chi connectivity index (χ4n) is 1.30. The third-order valence-corrected chi connectivity index (χ3v) is 2.13. The van der Waals surface area contributed by atoms with E-state index >= 15 is 0 Å². The molecule has 4 heteroatoms. The summed E-state index contributed by atoms with van der Waals surface area (Å²) in [4.78, 5) is 19.5. The van der Waals surface area contributed by atoms with Gasteiger partial charge in [-0.05, 0) is 24.6 Å². The summed E-state index contributed by atoms with van der Waals surface area (Å²) in [7, 11) is 0. The Balaban J connectivity index is 2.66. The lowest BCUT2D eigenvalue weighted by Gasteiger charge is -1.99. The van der Waals surface area contributed by atoms with Gasteiger partial charge in [-0.25, -0.2) is 9.97 Å². The fraction of sp³-hybridized carbons (Fsp3) is 0.0833. The summed E-state index contributed by atoms with van der Waals surface area (Å²) < 4.78 is 0. The average Bonchev–Trinajstić information content (AvgIpc) is 2.44. The molecule has 0 aliphatic heterocycles. The first-order valence-corrected chi connectivity index (χ1v) is 4.80. The molecule has 0 atom stereocenters. The van der Waals surface area contributed by atoms with Crippen LogP contribution in [0.2, 0.25) is 0 Å². The highest BCUT2D eigenvalue weighted by Crippen LogP contribution is 2.20. The number of hydrogen-bond acceptors (Lipinski definition) is 4. The minimum absolute atomic E-state index is 0.325. The average molecular weight is 214 g/mol. The van der Waals surface area contributed by atoms with Crippen LogP contribution < -0.4 is 5.43 Å². The summed E-state index contributed by atoms with van der Waals surface area (Å²) in [6, 6.07) is 6.15. The lowest BCUT2D eigenvalue weighted by Crippen LogP contribution is -1.96. The predicted molar refractivity (Wildman–Crippen MR) is 60.1 cm³/mol. The quantitative estimate of drug-likeness (QED) is 0.781. The molecule has 0 spiro atoms. The Morgan fingerprint density at radius 1 is 1.12 bits per heavy atom. The normalized spacial score (nSPS) is 10.1. The van der Waals surface area contributed by atoms with Gasteiger partial charge in [0.05, 0.1) is 5.56 Å². The summed E-state index contributed by atoms with van der Waals surface area (Å²) in [6.45, 7) is 1.87. The number of nitrogens with zero attached hydrogens (tertiary/aromatic N) is 2. The molecule has 0 bridgehead atoms. The van der Waals surface area contributed by atoms with Gasteiger partial charge in [0, 0.05) is 12.4 Å². The zero-order valence-corrected chi connectivity index (χ0v) is 8.71. The minimum Gasteiger partial charge on any atom is -0.504 e. The Morgan fingerprint density at radius 2 is 1.75 bits per heavy atom. The van der Waals surface area contributed by atoms with Crippen LogP contribution in [-0.4, -0.2) is 15.1 Å². The highest BCUT2D eigenvalue weighted by molar-refractivity contribution is 5.62. The molecule has 0 saturated carbocycles. The van der Waals surface area contributed by atoms with Gasteiger partial charge in [-0.2, -0.15) is 0 Å². The van der Waals surface area contributed by atoms with Crippen molar-refractivity contribution in [3.05, 3.63) is 52.4 Å². The topological polar surface area (TPSA) is 63.1 Å². The Hall–Kier alpha value is -2.23. The molecule has 0 aliphatic carbocycles. The number of rotatable bonds is 1. The van der Waals surface area contributed by atoms with Gasteiger partial charge >= 0.3 is 0 Å². The van der Waals surface area contributed by atoms with Gasteiger partial charge in [0.25, 0.3) is 0 Å². The first-order valence-electron chi connectivity index (χ1n) is 4.80. The van der Waals surface area contributed by atoms with Crippen molar-refractivity contribution in [1.82, 2.24) is 9.97 Å². The van der Waals surface area contributed by atoms with Crippen molar-refractivity contribution in [3.8, 4) is 17.1 Å². The second-order valence-corrected chi connectivity index (χ2v) is 3.43. The SMILES string of the molecule is Cc1cnc(-c2ccccc(=O)c2O)nc1. The lowest BCUT2D eigenvalue weighted by atomic mass is 10.2. The molecule has 80 valence electrons. The molecule has 2 aromatic rings. The summed E-state index contributed by atoms with van der Waals surface area (Å²) in [6.07, 6.45) is 3.28. The van der Waals surface area contributed by atoms with E-state index in [2.05, 4.69) is 9.97 Å². The number of aryl methyl sites for hydroxylation is 1. The molecule has 4 nitrogen and oxygen atoms in total. The Kier molecular flexibility index (Phi) is 2.64. The van der Waals surface area contributed by atoms with Crippen LogP contribution >= 0.6 is 0 Å². The van der Waals surface area contributed by atoms with Crippen LogP contribution in [0.25, 0.3) is 11.4 Å². The minimum atomic E-state index is -0.441. The zero-order valence-electron chi connectivity index (χ0n) is 8.71. The van der Waals surface area contributed by atoms with Crippen LogP contribution in [0.15, 0.2) is 41.5 Å². The van der Waals surface area contributed by atoms with Gasteiger partial charge in [0.2, 0.25) is 5.43 Å². The maximum absolute atomic E-state index is 11.4. The number of aromatic hydroxyl groups is 1. The maximum Gasteiger partial charge on any atom is 0.220 e. The Labute approximate surface area is 92.3 Å². The standard InChI is InChI=1S/C12H10N2O2/c1-8-6-13-12(14-7-8)9-4-2-3-5-10(15)11(9)16/h2-7H,1H3,(H,15,16). The van der Waals surface area contributed by atoms with E-state index in [0.717, 1.165) is 5.56 Å². The van der Waals surface area contributed by atoms with Crippen LogP contribution in [0.1, 0.15) is 5.56 Å². The molecule has 1 aromatic carbocycles. The second kappa shape index (κ2) is 4.10. The fourth-order valence-corrected chi connectivity index (χ4v) is 1.30. The van der Waals surface area contributed by atoms with Crippen molar-refractivity contribution in [2.45, 2.75) is 6.92 Å². The highest BCUT2D eigenvalue weighted by Gasteiger charge is 2.07. The van der Waals surface area contributed by atoms with E-state index in [4.69, 9.17) is 0 Å². The first-order chi connectivity index (χ1) is 7.68. The lowest BCUT2D eigenvalue weighted by molar-refractivity contribution is 0.472. The largest absolute Gasteiger partial charge is 0.504 e. The van der Waals surface area contributed by atoms with Gasteiger partial charge in [-0.15, -0.1) is 0 Å². The van der Waals surface area contributed by atoms with Crippen LogP contribution in [0.3, 0.4) is 0 Å². The van der Waals surface area contributed by atoms with Crippen molar-refractivity contribution < 1.29 is 5.11 Å². The van der Waals surface area contributed by atoms with Crippen molar-refractivity contribution in [2.75, 3.05) is 0 Å². The molecule has 0 fully saturated rings. The predicted octanol–water partition coefficient (Wildman–Crippen LogP) is 1.52. The van der Waals surface area contributed by atoms with Gasteiger partial charge in [0.15, 0.2) is 11.6 Å². The van der Waals surface area contributed by atoms with E-state index in [1.165, 1.54) is 6.07 Å². The van der Waals surface area contributed by atoms with Crippen molar-refractivity contribution in [2.24, 2.45) is 0 Å². The monoisotopic (exact) mass is 214 g/mol. The molecule has 0 unspecified atom stereocenters. The molecular formula is C12H10N2O2. The molecular weight excluding hydrogens is 204 g/mol. The van der Waals surface area contributed by atoms with Crippen molar-refractivity contribution in [1.29, 1.82) is 0 Å². The van der Waals surface area contributed by atoms with Crippen LogP contribution in [-0.2, 0) is 0 Å². The van der Waals surface area contributed by atoms with E-state index < -0.39 is 5.43 Å². The van der Waals surface area contributed by atoms with Crippen LogP contribution in [0.4, 0.5) is 0 Å². The smallest absolute Gasteiger partial charge is 0.220 e. The molecule has 0 saturated heterocycles. The van der Waals surface area contributed by atoms with E-state index in [1.54, 1.807) is 30.6 Å². The summed E-state index contributed by atoms with van der Waals surface area (Å²) in [5, 5.41) is 9.69. The van der Waals surface area contributed by atoms with Crippen LogP contribution in [0, 0.1) is 6.92 Å². The summed E-state index contributed by atoms with van der Waals surface area (Å²) in [5.41, 5.74) is 0.824. The van der Waals surface area contributed by atoms with Gasteiger partial charge in [0.1, 0.15) is 0 Å². The van der Waals surface area contributed by atoms with E-state index in [0.29, 0.717) is 11.4 Å². The maximum atomic E-state index is 11.4. The summed E-state index contributed by atoms with van der Waals surface area (Å²) >= 11 is 0. The third-order valence-electron chi connectivity index (χ3n) is 2.13. The van der Waals surface area contributed by atoms with E-state index in [1.807, 2.05) is 6.92 Å². The van der Waals surface area contributed by atoms with E-state index in [9.17, 15) is 9.90 Å². The van der Waals surface area contributed by atoms with Gasteiger partial charge in [-0.3, -0.25) is 4.79 Å². The highest BCUT2D eigenvalue weighted by atomic mass is 16.3. The molecule has 0 radical (unpaired) electrons. The van der Waals surface area contributed by atoms with Gasteiger partial charge < -0.3 is 5.11 Å². The summed E-state index contributed by atoms with van der Waals surface area (Å²) in [5.74, 6) is 0.0188. The van der Waals surface area contributed by atoms with Crippen molar-refractivity contribution >= 4 is 0 Å². The second-order valence-electron chi connectivity index (χ2n) is 3.43. The molecule has 1 heterocycles. The molecule has 0 aliphatic rings. The zero-order chi connectivity index (χ0) is 11.5. The number of hydrogen-bond donors (Lipinski definition) is 1. The Bertz CT molecular complexity index is 565. The van der Waals surface area contributed by atoms with E-state index in [-0.39, 0.29) is 5.75 Å². The van der Waals surface area contributed by atoms with Crippen molar-refractivity contribution in [3.63, 3.8) is 0 Å². The molecule has 1 aromatic heterocycles. The molecule has 0 amide bonds. The third kappa shape index (κ3) is 1.91. The first kappa shape index (κ1) is 10.3. The molecule has 1 N–H and O–H groups in total. The van der Waals surface area contributed by atoms with Gasteiger partial charge in [-0.1, -0.05) is 12.1 Å². The molecule has 16 heavy (non-hydrogen) atoms. The molecule has 2 rings (SSSR count). The van der Waals surface area contributed by atoms with Crippen LogP contribution in [0.5, 0.6) is 5.75 Å². The number of aromatic nitrogens is 2.